The average molecular weight is 479 g/mol. The molecule has 0 aliphatic heterocycles. The molecule has 0 aromatic heterocycles. The van der Waals surface area contributed by atoms with Crippen LogP contribution in [0, 0.1) is 0 Å². The molecular weight excluding hydrogens is 422 g/mol. The predicted molar refractivity (Wildman–Crippen MR) is 153 cm³/mol. The van der Waals surface area contributed by atoms with Crippen LogP contribution in [0.4, 0.5) is 0 Å². The van der Waals surface area contributed by atoms with Gasteiger partial charge in [-0.1, -0.05) is 152 Å². The summed E-state index contributed by atoms with van der Waals surface area (Å²) >= 11 is -2.34. The van der Waals surface area contributed by atoms with Crippen LogP contribution in [0.3, 0.4) is 0 Å². The Labute approximate surface area is 203 Å². The van der Waals surface area contributed by atoms with Crippen molar-refractivity contribution in [3.05, 3.63) is 20.3 Å². The highest BCUT2D eigenvalue weighted by Crippen LogP contribution is 2.49. The highest BCUT2D eigenvalue weighted by Gasteiger charge is 2.48. The van der Waals surface area contributed by atoms with Crippen LogP contribution in [0.5, 0.6) is 0 Å². The molecule has 30 heavy (non-hydrogen) atoms. The van der Waals surface area contributed by atoms with Gasteiger partial charge in [-0.25, -0.2) is 0 Å². The maximum absolute atomic E-state index is 2.71. The molecule has 0 rings (SSSR count). The SMILES string of the molecule is C[C](C)(C)[Al](/[C](=C\C=[C](/[Al]([C](C)(C)C)[C](C)(C)C)[Si](C)(C)C)[Si](C)(C)C)[C](C)(C)C. The van der Waals surface area contributed by atoms with Crippen molar-refractivity contribution in [2.75, 3.05) is 0 Å². The summed E-state index contributed by atoms with van der Waals surface area (Å²) in [5.74, 6) is 0. The van der Waals surface area contributed by atoms with Crippen molar-refractivity contribution in [3.63, 3.8) is 0 Å². The molecule has 0 aromatic rings. The molecule has 0 fully saturated rings. The van der Waals surface area contributed by atoms with Crippen molar-refractivity contribution >= 4 is 44.4 Å². The van der Waals surface area contributed by atoms with E-state index in [0.717, 1.165) is 0 Å². The minimum absolute atomic E-state index is 0.405. The Hall–Kier alpha value is 0.979. The maximum Gasteiger partial charge on any atom is 0.305 e. The topological polar surface area (TPSA) is 0 Å². The van der Waals surface area contributed by atoms with Gasteiger partial charge in [0.05, 0.1) is 16.1 Å². The molecule has 0 aromatic carbocycles. The van der Waals surface area contributed by atoms with Gasteiger partial charge in [0.15, 0.2) is 0 Å². The van der Waals surface area contributed by atoms with Crippen molar-refractivity contribution in [3.8, 4) is 0 Å². The number of hydrogen-bond acceptors (Lipinski definition) is 0. The molecular formula is C26H56Al2Si2. The fraction of sp³-hybridized carbons (Fsp3) is 0.846. The molecule has 0 heterocycles. The molecule has 0 bridgehead atoms. The molecule has 0 aliphatic rings. The highest BCUT2D eigenvalue weighted by atomic mass is 28.3. The Bertz CT molecular complexity index is 545. The van der Waals surface area contributed by atoms with Gasteiger partial charge >= 0.3 is 28.3 Å². The van der Waals surface area contributed by atoms with Crippen LogP contribution in [0.15, 0.2) is 20.3 Å². The molecule has 0 N–H and O–H groups in total. The minimum Gasteiger partial charge on any atom is -0.139 e. The van der Waals surface area contributed by atoms with E-state index in [1.54, 1.807) is 0 Å². The van der Waals surface area contributed by atoms with Crippen LogP contribution in [0.25, 0.3) is 0 Å². The molecule has 4 heteroatoms. The number of rotatable bonds is 5. The second kappa shape index (κ2) is 9.69. The van der Waals surface area contributed by atoms with E-state index in [2.05, 4.69) is 135 Å². The van der Waals surface area contributed by atoms with Crippen molar-refractivity contribution in [1.82, 2.24) is 0 Å². The largest absolute Gasteiger partial charge is 0.305 e. The van der Waals surface area contributed by atoms with E-state index >= 15 is 0 Å². The summed E-state index contributed by atoms with van der Waals surface area (Å²) in [7, 11) is -2.83. The monoisotopic (exact) mass is 478 g/mol. The van der Waals surface area contributed by atoms with Gasteiger partial charge in [0.25, 0.3) is 0 Å². The second-order valence-corrected chi connectivity index (χ2v) is 37.3. The summed E-state index contributed by atoms with van der Waals surface area (Å²) in [5.41, 5.74) is 0. The lowest BCUT2D eigenvalue weighted by molar-refractivity contribution is 0.649. The number of hydrogen-bond donors (Lipinski definition) is 0. The van der Waals surface area contributed by atoms with E-state index in [9.17, 15) is 0 Å². The van der Waals surface area contributed by atoms with Gasteiger partial charge < -0.3 is 0 Å². The first-order valence-electron chi connectivity index (χ1n) is 12.1. The van der Waals surface area contributed by atoms with Crippen molar-refractivity contribution < 1.29 is 0 Å². The highest BCUT2D eigenvalue weighted by molar-refractivity contribution is 7.01. The van der Waals surface area contributed by atoms with E-state index in [0.29, 0.717) is 17.1 Å². The zero-order valence-corrected chi connectivity index (χ0v) is 28.6. The van der Waals surface area contributed by atoms with Crippen molar-refractivity contribution in [2.24, 2.45) is 0 Å². The normalized spacial score (nSPS) is 16.1. The molecule has 0 unspecified atom stereocenters. The fourth-order valence-electron chi connectivity index (χ4n) is 6.20. The molecule has 0 saturated heterocycles. The first-order valence-corrected chi connectivity index (χ1v) is 22.6. The van der Waals surface area contributed by atoms with Gasteiger partial charge in [-0.3, -0.25) is 0 Å². The van der Waals surface area contributed by atoms with Crippen LogP contribution < -0.4 is 0 Å². The molecule has 0 radical (unpaired) electrons. The first-order chi connectivity index (χ1) is 12.7. The third-order valence-electron chi connectivity index (χ3n) is 6.26. The van der Waals surface area contributed by atoms with Gasteiger partial charge in [-0.15, -0.1) is 8.12 Å². The zero-order chi connectivity index (χ0) is 24.7. The molecule has 174 valence electrons. The minimum atomic E-state index is -1.41. The van der Waals surface area contributed by atoms with E-state index in [1.165, 1.54) is 0 Å². The summed E-state index contributed by atoms with van der Waals surface area (Å²) < 4.78 is 5.41. The third-order valence-corrected chi connectivity index (χ3v) is 25.5. The molecule has 0 aliphatic carbocycles. The lowest BCUT2D eigenvalue weighted by atomic mass is 10.2. The summed E-state index contributed by atoms with van der Waals surface area (Å²) in [6.45, 7) is 45.6. The molecule has 0 spiro atoms. The maximum atomic E-state index is 2.71. The van der Waals surface area contributed by atoms with Crippen LogP contribution in [-0.2, 0) is 0 Å². The molecule has 0 saturated carbocycles. The summed E-state index contributed by atoms with van der Waals surface area (Å²) in [5, 5.41) is 0. The van der Waals surface area contributed by atoms with Crippen LogP contribution in [0.1, 0.15) is 83.1 Å². The van der Waals surface area contributed by atoms with Gasteiger partial charge in [0.1, 0.15) is 0 Å². The Kier molecular flexibility index (Phi) is 10.0. The Morgan fingerprint density at radius 2 is 0.600 bits per heavy atom. The average Bonchev–Trinajstić information content (AvgIpc) is 2.32. The fourth-order valence-corrected chi connectivity index (χ4v) is 29.0. The lowest BCUT2D eigenvalue weighted by Gasteiger charge is -2.43. The lowest BCUT2D eigenvalue weighted by Crippen LogP contribution is -2.47. The van der Waals surface area contributed by atoms with E-state index in [4.69, 9.17) is 0 Å². The Morgan fingerprint density at radius 1 is 0.433 bits per heavy atom. The predicted octanol–water partition coefficient (Wildman–Crippen LogP) is 9.86. The quantitative estimate of drug-likeness (QED) is 0.272. The smallest absolute Gasteiger partial charge is 0.139 e. The summed E-state index contributed by atoms with van der Waals surface area (Å²) in [4.78, 5) is 0. The number of allylic oxidation sites excluding steroid dienone is 2. The van der Waals surface area contributed by atoms with Crippen LogP contribution >= 0.6 is 0 Å². The van der Waals surface area contributed by atoms with Gasteiger partial charge in [0.2, 0.25) is 0 Å². The van der Waals surface area contributed by atoms with Gasteiger partial charge in [0, 0.05) is 0 Å². The summed E-state index contributed by atoms with van der Waals surface area (Å²) in [6, 6.07) is 0. The molecule has 0 amide bonds. The van der Waals surface area contributed by atoms with E-state index < -0.39 is 44.4 Å². The second-order valence-electron chi connectivity index (χ2n) is 16.1. The first kappa shape index (κ1) is 31.0. The van der Waals surface area contributed by atoms with Crippen molar-refractivity contribution in [2.45, 2.75) is 139 Å². The molecule has 0 nitrogen and oxygen atoms in total. The van der Waals surface area contributed by atoms with Crippen LogP contribution in [-0.4, -0.2) is 44.4 Å². The summed E-state index contributed by atoms with van der Waals surface area (Å²) in [6.07, 6.45) is 5.43. The van der Waals surface area contributed by atoms with Gasteiger partial charge in [-0.05, 0) is 0 Å². The molecule has 0 atom stereocenters. The third kappa shape index (κ3) is 9.08. The Morgan fingerprint density at radius 3 is 0.700 bits per heavy atom. The van der Waals surface area contributed by atoms with E-state index in [-0.39, 0.29) is 0 Å². The van der Waals surface area contributed by atoms with Gasteiger partial charge in [-0.2, -0.15) is 0 Å². The Balaban J connectivity index is 7.11. The zero-order valence-electron chi connectivity index (χ0n) is 24.3. The van der Waals surface area contributed by atoms with Crippen molar-refractivity contribution in [1.29, 1.82) is 0 Å². The standard InChI is InChI=1S/C10H20Si2.4C4H9.2Al/c1-11(2,3)9-7-8-10-12(4,5)6;4*1-4(2)3;;/h7-8H,1-6H3;4*1-3H3;;. The van der Waals surface area contributed by atoms with Crippen LogP contribution in [0.2, 0.25) is 56.4 Å². The van der Waals surface area contributed by atoms with E-state index in [1.807, 2.05) is 8.12 Å².